The number of carbonyl (C=O) groups excluding carboxylic acids is 1. The van der Waals surface area contributed by atoms with Crippen molar-refractivity contribution in [3.05, 3.63) is 65.6 Å². The molecular weight excluding hydrogens is 408 g/mol. The number of benzene rings is 1. The number of aliphatic hydroxyl groups excluding tert-OH is 2. The average Bonchev–Trinajstić information content (AvgIpc) is 3.20. The number of pyridine rings is 1. The van der Waals surface area contributed by atoms with Crippen LogP contribution in [-0.2, 0) is 11.3 Å². The molecule has 0 saturated carbocycles. The molecule has 10 heteroatoms. The van der Waals surface area contributed by atoms with E-state index < -0.39 is 6.04 Å². The lowest BCUT2D eigenvalue weighted by atomic mass is 10.1. The van der Waals surface area contributed by atoms with E-state index in [0.29, 0.717) is 28.8 Å². The van der Waals surface area contributed by atoms with E-state index in [1.165, 1.54) is 6.20 Å². The molecule has 1 aromatic carbocycles. The molecule has 0 spiro atoms. The molecule has 5 N–H and O–H groups in total. The van der Waals surface area contributed by atoms with E-state index in [1.807, 2.05) is 30.3 Å². The maximum Gasteiger partial charge on any atom is 0.247 e. The monoisotopic (exact) mass is 430 g/mol. The van der Waals surface area contributed by atoms with Gasteiger partial charge in [0, 0.05) is 18.8 Å². The van der Waals surface area contributed by atoms with Crippen LogP contribution in [0, 0.1) is 0 Å². The number of carbonyl (C=O) groups is 1. The highest BCUT2D eigenvalue weighted by Crippen LogP contribution is 2.29. The first-order valence-corrected chi connectivity index (χ1v) is 9.74. The number of nitrogens with one attached hydrogen (secondary N) is 3. The Morgan fingerprint density at radius 3 is 2.70 bits per heavy atom. The Hall–Kier alpha value is -3.14. The first kappa shape index (κ1) is 21.6. The molecule has 0 bridgehead atoms. The summed E-state index contributed by atoms with van der Waals surface area (Å²) in [6.07, 6.45) is 4.85. The number of hydrogen-bond acceptors (Lipinski definition) is 7. The first-order valence-electron chi connectivity index (χ1n) is 9.36. The van der Waals surface area contributed by atoms with E-state index in [4.69, 9.17) is 21.8 Å². The van der Waals surface area contributed by atoms with Crippen LogP contribution in [0.4, 0.5) is 17.2 Å². The van der Waals surface area contributed by atoms with E-state index >= 15 is 0 Å². The number of amides is 1. The van der Waals surface area contributed by atoms with Crippen molar-refractivity contribution in [3.63, 3.8) is 0 Å². The van der Waals surface area contributed by atoms with Crippen LogP contribution in [-0.4, -0.2) is 50.6 Å². The third-order valence-corrected chi connectivity index (χ3v) is 4.50. The van der Waals surface area contributed by atoms with Gasteiger partial charge in [-0.15, -0.1) is 0 Å². The number of halogens is 1. The quantitative estimate of drug-likeness (QED) is 0.333. The van der Waals surface area contributed by atoms with Gasteiger partial charge in [-0.3, -0.25) is 9.48 Å². The maximum atomic E-state index is 12.7. The fourth-order valence-electron chi connectivity index (χ4n) is 2.80. The number of hydrogen-bond donors (Lipinski definition) is 5. The molecule has 2 aromatic heterocycles. The second kappa shape index (κ2) is 10.6. The van der Waals surface area contributed by atoms with Gasteiger partial charge in [0.05, 0.1) is 48.5 Å². The Labute approximate surface area is 178 Å². The first-order chi connectivity index (χ1) is 14.6. The fraction of sp³-hybridized carbons (Fsp3) is 0.250. The third-order valence-electron chi connectivity index (χ3n) is 4.20. The van der Waals surface area contributed by atoms with E-state index in [2.05, 4.69) is 26.0 Å². The summed E-state index contributed by atoms with van der Waals surface area (Å²) in [5.74, 6) is 0.218. The smallest absolute Gasteiger partial charge is 0.247 e. The molecule has 1 atom stereocenters. The largest absolute Gasteiger partial charge is 0.395 e. The zero-order chi connectivity index (χ0) is 21.3. The highest BCUT2D eigenvalue weighted by atomic mass is 35.5. The van der Waals surface area contributed by atoms with E-state index in [0.717, 1.165) is 5.56 Å². The second-order valence-electron chi connectivity index (χ2n) is 6.39. The number of anilines is 3. The molecule has 0 radical (unpaired) electrons. The van der Waals surface area contributed by atoms with Gasteiger partial charge in [-0.2, -0.15) is 5.10 Å². The van der Waals surface area contributed by atoms with Gasteiger partial charge in [-0.1, -0.05) is 41.9 Å². The van der Waals surface area contributed by atoms with Crippen molar-refractivity contribution in [2.45, 2.75) is 12.6 Å². The molecule has 9 nitrogen and oxygen atoms in total. The molecule has 158 valence electrons. The van der Waals surface area contributed by atoms with Crippen molar-refractivity contribution < 1.29 is 15.0 Å². The Morgan fingerprint density at radius 1 is 1.17 bits per heavy atom. The van der Waals surface area contributed by atoms with Crippen molar-refractivity contribution >= 4 is 34.7 Å². The molecule has 2 heterocycles. The summed E-state index contributed by atoms with van der Waals surface area (Å²) in [5.41, 5.74) is 1.97. The summed E-state index contributed by atoms with van der Waals surface area (Å²) in [6, 6.07) is 10.2. The number of aromatic nitrogens is 3. The summed E-state index contributed by atoms with van der Waals surface area (Å²) in [5, 5.41) is 31.5. The molecule has 30 heavy (non-hydrogen) atoms. The second-order valence-corrected chi connectivity index (χ2v) is 6.80. The van der Waals surface area contributed by atoms with E-state index in [-0.39, 0.29) is 25.7 Å². The minimum absolute atomic E-state index is 0.00635. The van der Waals surface area contributed by atoms with Gasteiger partial charge < -0.3 is 26.2 Å². The highest BCUT2D eigenvalue weighted by molar-refractivity contribution is 6.33. The van der Waals surface area contributed by atoms with Gasteiger partial charge in [0.25, 0.3) is 0 Å². The standard InChI is InChI=1S/C20H23ClN6O3/c21-16-12-23-18(25-15-11-24-27(13-15)7-9-29)10-17(16)26-19(20(30)22-6-8-28)14-4-2-1-3-5-14/h1-5,10-13,19,28-29H,6-9H2,(H,22,30)(H2,23,25,26)/t19-/m0/s1. The predicted molar refractivity (Wildman–Crippen MR) is 115 cm³/mol. The van der Waals surface area contributed by atoms with Crippen LogP contribution < -0.4 is 16.0 Å². The lowest BCUT2D eigenvalue weighted by Crippen LogP contribution is -2.35. The van der Waals surface area contributed by atoms with Crippen LogP contribution in [0.1, 0.15) is 11.6 Å². The molecule has 1 amide bonds. The van der Waals surface area contributed by atoms with Crippen LogP contribution >= 0.6 is 11.6 Å². The van der Waals surface area contributed by atoms with Crippen LogP contribution in [0.3, 0.4) is 0 Å². The van der Waals surface area contributed by atoms with Crippen LogP contribution in [0.25, 0.3) is 0 Å². The predicted octanol–water partition coefficient (Wildman–Crippen LogP) is 1.93. The molecule has 0 unspecified atom stereocenters. The van der Waals surface area contributed by atoms with Gasteiger partial charge in [0.1, 0.15) is 11.9 Å². The van der Waals surface area contributed by atoms with Gasteiger partial charge in [0.15, 0.2) is 0 Å². The molecular formula is C20H23ClN6O3. The third kappa shape index (κ3) is 5.69. The van der Waals surface area contributed by atoms with Crippen LogP contribution in [0.15, 0.2) is 55.0 Å². The molecule has 0 fully saturated rings. The number of aliphatic hydroxyl groups is 2. The Bertz CT molecular complexity index is 966. The summed E-state index contributed by atoms with van der Waals surface area (Å²) in [6.45, 7) is 0.387. The van der Waals surface area contributed by atoms with E-state index in [1.54, 1.807) is 23.1 Å². The Kier molecular flexibility index (Phi) is 7.61. The zero-order valence-electron chi connectivity index (χ0n) is 16.1. The van der Waals surface area contributed by atoms with Crippen molar-refractivity contribution in [2.75, 3.05) is 30.4 Å². The molecule has 0 aliphatic rings. The van der Waals surface area contributed by atoms with Crippen LogP contribution in [0.5, 0.6) is 0 Å². The van der Waals surface area contributed by atoms with Crippen molar-refractivity contribution in [3.8, 4) is 0 Å². The van der Waals surface area contributed by atoms with Crippen LogP contribution in [0.2, 0.25) is 5.02 Å². The van der Waals surface area contributed by atoms with Crippen molar-refractivity contribution in [1.29, 1.82) is 0 Å². The normalized spacial score (nSPS) is 11.7. The molecule has 3 aromatic rings. The average molecular weight is 431 g/mol. The molecule has 0 aliphatic heterocycles. The number of rotatable bonds is 10. The maximum absolute atomic E-state index is 12.7. The van der Waals surface area contributed by atoms with Gasteiger partial charge in [0.2, 0.25) is 5.91 Å². The van der Waals surface area contributed by atoms with Gasteiger partial charge in [-0.05, 0) is 5.56 Å². The summed E-state index contributed by atoms with van der Waals surface area (Å²) >= 11 is 6.32. The lowest BCUT2D eigenvalue weighted by molar-refractivity contribution is -0.122. The summed E-state index contributed by atoms with van der Waals surface area (Å²) < 4.78 is 1.61. The molecule has 3 rings (SSSR count). The Morgan fingerprint density at radius 2 is 1.97 bits per heavy atom. The zero-order valence-corrected chi connectivity index (χ0v) is 16.9. The van der Waals surface area contributed by atoms with Crippen molar-refractivity contribution in [1.82, 2.24) is 20.1 Å². The Balaban J connectivity index is 1.81. The minimum Gasteiger partial charge on any atom is -0.395 e. The summed E-state index contributed by atoms with van der Waals surface area (Å²) in [4.78, 5) is 16.9. The van der Waals surface area contributed by atoms with E-state index in [9.17, 15) is 4.79 Å². The minimum atomic E-state index is -0.710. The highest BCUT2D eigenvalue weighted by Gasteiger charge is 2.21. The topological polar surface area (TPSA) is 124 Å². The van der Waals surface area contributed by atoms with Crippen molar-refractivity contribution in [2.24, 2.45) is 0 Å². The van der Waals surface area contributed by atoms with Gasteiger partial charge >= 0.3 is 0 Å². The molecule has 0 aliphatic carbocycles. The SMILES string of the molecule is O=C(NCCO)[C@@H](Nc1cc(Nc2cnn(CCO)c2)ncc1Cl)c1ccccc1. The van der Waals surface area contributed by atoms with Gasteiger partial charge in [-0.25, -0.2) is 4.98 Å². The molecule has 0 saturated heterocycles. The number of nitrogens with zero attached hydrogens (tertiary/aromatic N) is 3. The summed E-state index contributed by atoms with van der Waals surface area (Å²) in [7, 11) is 0. The lowest BCUT2D eigenvalue weighted by Gasteiger charge is -2.21. The fourth-order valence-corrected chi connectivity index (χ4v) is 2.96.